The summed E-state index contributed by atoms with van der Waals surface area (Å²) in [5.74, 6) is 1.16. The number of rotatable bonds is 7. The molecule has 156 valence electrons. The molecular weight excluding hydrogens is 382 g/mol. The maximum absolute atomic E-state index is 13.3. The van der Waals surface area contributed by atoms with Gasteiger partial charge in [0.25, 0.3) is 11.5 Å². The number of amides is 1. The van der Waals surface area contributed by atoms with Crippen LogP contribution < -0.4 is 15.0 Å². The molecule has 3 aromatic rings. The van der Waals surface area contributed by atoms with Gasteiger partial charge in [0.15, 0.2) is 17.2 Å². The minimum atomic E-state index is -0.229. The molecule has 4 rings (SSSR count). The van der Waals surface area contributed by atoms with Crippen LogP contribution in [0.1, 0.15) is 42.2 Å². The Kier molecular flexibility index (Phi) is 5.70. The average Bonchev–Trinajstić information content (AvgIpc) is 3.23. The van der Waals surface area contributed by atoms with Crippen LogP contribution in [-0.4, -0.2) is 34.4 Å². The van der Waals surface area contributed by atoms with Crippen LogP contribution in [0.5, 0.6) is 11.5 Å². The number of fused-ring (bicyclic) bond motifs is 2. The average molecular weight is 407 g/mol. The summed E-state index contributed by atoms with van der Waals surface area (Å²) < 4.78 is 12.2. The highest BCUT2D eigenvalue weighted by Crippen LogP contribution is 2.32. The van der Waals surface area contributed by atoms with Crippen LogP contribution in [0.2, 0.25) is 0 Å². The zero-order valence-corrected chi connectivity index (χ0v) is 17.3. The van der Waals surface area contributed by atoms with Crippen LogP contribution in [-0.2, 0) is 13.1 Å². The van der Waals surface area contributed by atoms with Gasteiger partial charge >= 0.3 is 0 Å². The fourth-order valence-corrected chi connectivity index (χ4v) is 3.62. The van der Waals surface area contributed by atoms with Gasteiger partial charge in [-0.25, -0.2) is 4.68 Å². The number of carbonyl (C=O) groups excluding carboxylic acids is 1. The first-order chi connectivity index (χ1) is 14.6. The number of hydrogen-bond donors (Lipinski definition) is 0. The van der Waals surface area contributed by atoms with Crippen molar-refractivity contribution in [3.05, 3.63) is 64.1 Å². The molecular formula is C23H25N3O4. The summed E-state index contributed by atoms with van der Waals surface area (Å²) in [7, 11) is 1.73. The third-order valence-electron chi connectivity index (χ3n) is 5.25. The molecule has 0 saturated carbocycles. The van der Waals surface area contributed by atoms with E-state index in [2.05, 4.69) is 12.0 Å². The van der Waals surface area contributed by atoms with Crippen LogP contribution in [0.4, 0.5) is 0 Å². The molecule has 0 bridgehead atoms. The predicted octanol–water partition coefficient (Wildman–Crippen LogP) is 3.59. The molecule has 2 aromatic carbocycles. The summed E-state index contributed by atoms with van der Waals surface area (Å²) in [6.45, 7) is 3.21. The largest absolute Gasteiger partial charge is 0.454 e. The fourth-order valence-electron chi connectivity index (χ4n) is 3.62. The number of aryl methyl sites for hydroxylation is 1. The Bertz CT molecular complexity index is 1140. The van der Waals surface area contributed by atoms with Crippen LogP contribution in [0, 0.1) is 0 Å². The molecule has 1 aliphatic heterocycles. The lowest BCUT2D eigenvalue weighted by molar-refractivity contribution is 0.0778. The van der Waals surface area contributed by atoms with E-state index in [1.54, 1.807) is 24.1 Å². The van der Waals surface area contributed by atoms with Gasteiger partial charge in [0.05, 0.1) is 5.39 Å². The molecule has 1 amide bonds. The van der Waals surface area contributed by atoms with Crippen LogP contribution in [0.3, 0.4) is 0 Å². The second-order valence-corrected chi connectivity index (χ2v) is 7.48. The lowest BCUT2D eigenvalue weighted by Crippen LogP contribution is -2.32. The van der Waals surface area contributed by atoms with Gasteiger partial charge in [-0.3, -0.25) is 9.59 Å². The Labute approximate surface area is 174 Å². The van der Waals surface area contributed by atoms with E-state index < -0.39 is 0 Å². The Balaban J connectivity index is 1.64. The van der Waals surface area contributed by atoms with Crippen molar-refractivity contribution in [3.8, 4) is 11.5 Å². The van der Waals surface area contributed by atoms with Gasteiger partial charge < -0.3 is 14.4 Å². The molecule has 0 unspecified atom stereocenters. The molecule has 0 N–H and O–H groups in total. The first-order valence-corrected chi connectivity index (χ1v) is 10.2. The molecule has 0 radical (unpaired) electrons. The van der Waals surface area contributed by atoms with Gasteiger partial charge in [-0.05, 0) is 30.2 Å². The maximum Gasteiger partial charge on any atom is 0.274 e. The highest BCUT2D eigenvalue weighted by molar-refractivity contribution is 6.04. The molecule has 0 saturated heterocycles. The van der Waals surface area contributed by atoms with Crippen molar-refractivity contribution in [2.24, 2.45) is 0 Å². The lowest BCUT2D eigenvalue weighted by atomic mass is 10.1. The molecule has 0 atom stereocenters. The van der Waals surface area contributed by atoms with Gasteiger partial charge in [0, 0.05) is 25.5 Å². The Morgan fingerprint density at radius 2 is 1.87 bits per heavy atom. The summed E-state index contributed by atoms with van der Waals surface area (Å²) in [6.07, 6.45) is 2.91. The van der Waals surface area contributed by atoms with E-state index in [-0.39, 0.29) is 18.3 Å². The van der Waals surface area contributed by atoms with E-state index in [1.807, 2.05) is 30.3 Å². The number of hydrogen-bond acceptors (Lipinski definition) is 5. The standard InChI is InChI=1S/C23H25N3O4/c1-3-4-7-12-26-22(27)18-9-6-5-8-17(18)21(24-26)23(28)25(2)14-16-10-11-19-20(13-16)30-15-29-19/h5-6,8-11,13H,3-4,7,12,14-15H2,1-2H3. The van der Waals surface area contributed by atoms with Crippen molar-refractivity contribution in [3.63, 3.8) is 0 Å². The normalized spacial score (nSPS) is 12.3. The van der Waals surface area contributed by atoms with Gasteiger partial charge in [0.2, 0.25) is 6.79 Å². The Morgan fingerprint density at radius 1 is 1.10 bits per heavy atom. The quantitative estimate of drug-likeness (QED) is 0.560. The zero-order valence-electron chi connectivity index (χ0n) is 17.3. The third kappa shape index (κ3) is 3.87. The summed E-state index contributed by atoms with van der Waals surface area (Å²) in [4.78, 5) is 27.7. The smallest absolute Gasteiger partial charge is 0.274 e. The topological polar surface area (TPSA) is 73.7 Å². The number of carbonyl (C=O) groups is 1. The monoisotopic (exact) mass is 407 g/mol. The molecule has 0 aliphatic carbocycles. The molecule has 7 heteroatoms. The Hall–Kier alpha value is -3.35. The first-order valence-electron chi connectivity index (χ1n) is 10.2. The van der Waals surface area contributed by atoms with Crippen molar-refractivity contribution in [1.29, 1.82) is 0 Å². The van der Waals surface area contributed by atoms with Gasteiger partial charge in [0.1, 0.15) is 0 Å². The van der Waals surface area contributed by atoms with Crippen molar-refractivity contribution in [2.45, 2.75) is 39.3 Å². The third-order valence-corrected chi connectivity index (χ3v) is 5.25. The van der Waals surface area contributed by atoms with Crippen LogP contribution >= 0.6 is 0 Å². The minimum absolute atomic E-state index is 0.156. The number of aromatic nitrogens is 2. The van der Waals surface area contributed by atoms with Crippen molar-refractivity contribution in [1.82, 2.24) is 14.7 Å². The summed E-state index contributed by atoms with van der Waals surface area (Å²) >= 11 is 0. The summed E-state index contributed by atoms with van der Waals surface area (Å²) in [6, 6.07) is 12.8. The number of unbranched alkanes of at least 4 members (excludes halogenated alkanes) is 2. The van der Waals surface area contributed by atoms with E-state index in [1.165, 1.54) is 4.68 Å². The highest BCUT2D eigenvalue weighted by atomic mass is 16.7. The van der Waals surface area contributed by atoms with E-state index in [0.29, 0.717) is 41.1 Å². The van der Waals surface area contributed by atoms with Crippen molar-refractivity contribution < 1.29 is 14.3 Å². The number of ether oxygens (including phenoxy) is 2. The zero-order chi connectivity index (χ0) is 21.1. The molecule has 0 fully saturated rings. The summed E-state index contributed by atoms with van der Waals surface area (Å²) in [5, 5.41) is 5.56. The molecule has 1 aromatic heterocycles. The molecule has 0 spiro atoms. The van der Waals surface area contributed by atoms with Crippen LogP contribution in [0.15, 0.2) is 47.3 Å². The molecule has 7 nitrogen and oxygen atoms in total. The fraction of sp³-hybridized carbons (Fsp3) is 0.348. The molecule has 1 aliphatic rings. The van der Waals surface area contributed by atoms with E-state index in [9.17, 15) is 9.59 Å². The predicted molar refractivity (Wildman–Crippen MR) is 114 cm³/mol. The van der Waals surface area contributed by atoms with Gasteiger partial charge in [-0.1, -0.05) is 44.0 Å². The van der Waals surface area contributed by atoms with Gasteiger partial charge in [-0.2, -0.15) is 5.10 Å². The first kappa shape index (κ1) is 19.9. The number of nitrogens with zero attached hydrogens (tertiary/aromatic N) is 3. The highest BCUT2D eigenvalue weighted by Gasteiger charge is 2.21. The molecule has 30 heavy (non-hydrogen) atoms. The van der Waals surface area contributed by atoms with E-state index >= 15 is 0 Å². The second kappa shape index (κ2) is 8.57. The maximum atomic E-state index is 13.3. The summed E-state index contributed by atoms with van der Waals surface area (Å²) in [5.41, 5.74) is 1.07. The lowest BCUT2D eigenvalue weighted by Gasteiger charge is -2.19. The van der Waals surface area contributed by atoms with Gasteiger partial charge in [-0.15, -0.1) is 0 Å². The van der Waals surface area contributed by atoms with E-state index in [4.69, 9.17) is 9.47 Å². The van der Waals surface area contributed by atoms with Crippen molar-refractivity contribution >= 4 is 16.7 Å². The molecule has 2 heterocycles. The number of benzene rings is 2. The SMILES string of the molecule is CCCCCn1nc(C(=O)N(C)Cc2ccc3c(c2)OCO3)c2ccccc2c1=O. The minimum Gasteiger partial charge on any atom is -0.454 e. The second-order valence-electron chi connectivity index (χ2n) is 7.48. The van der Waals surface area contributed by atoms with E-state index in [0.717, 1.165) is 24.8 Å². The van der Waals surface area contributed by atoms with Crippen LogP contribution in [0.25, 0.3) is 10.8 Å². The Morgan fingerprint density at radius 3 is 2.67 bits per heavy atom. The van der Waals surface area contributed by atoms with Crippen molar-refractivity contribution in [2.75, 3.05) is 13.8 Å².